The van der Waals surface area contributed by atoms with Gasteiger partial charge in [-0.05, 0) is 24.3 Å². The van der Waals surface area contributed by atoms with Crippen LogP contribution in [0.2, 0.25) is 5.02 Å². The number of halogens is 1. The first-order valence-corrected chi connectivity index (χ1v) is 5.58. The first-order chi connectivity index (χ1) is 6.76. The highest BCUT2D eigenvalue weighted by atomic mass is 35.5. The van der Waals surface area contributed by atoms with Crippen LogP contribution in [0.4, 0.5) is 0 Å². The van der Waals surface area contributed by atoms with Crippen LogP contribution in [-0.4, -0.2) is 12.5 Å². The molecule has 0 saturated heterocycles. The van der Waals surface area contributed by atoms with Gasteiger partial charge in [0.2, 0.25) is 0 Å². The molecule has 0 bridgehead atoms. The van der Waals surface area contributed by atoms with Crippen LogP contribution in [0.25, 0.3) is 0 Å². The number of rotatable bonds is 5. The molecule has 1 aromatic carbocycles. The molecule has 0 saturated carbocycles. The van der Waals surface area contributed by atoms with Crippen LogP contribution in [-0.2, 0) is 4.74 Å². The highest BCUT2D eigenvalue weighted by molar-refractivity contribution is 7.99. The van der Waals surface area contributed by atoms with Crippen molar-refractivity contribution >= 4 is 23.4 Å². The van der Waals surface area contributed by atoms with Crippen molar-refractivity contribution in [2.24, 2.45) is 0 Å². The van der Waals surface area contributed by atoms with Crippen LogP contribution in [0.15, 0.2) is 41.8 Å². The maximum Gasteiger partial charge on any atom is 0.110 e. The molecule has 0 aliphatic rings. The molecule has 0 N–H and O–H groups in total. The van der Waals surface area contributed by atoms with Gasteiger partial charge >= 0.3 is 0 Å². The third-order valence-electron chi connectivity index (χ3n) is 1.70. The van der Waals surface area contributed by atoms with E-state index in [4.69, 9.17) is 16.3 Å². The first-order valence-electron chi connectivity index (χ1n) is 4.32. The molecule has 0 amide bonds. The predicted octanol–water partition coefficient (Wildman–Crippen LogP) is 3.98. The van der Waals surface area contributed by atoms with E-state index in [0.29, 0.717) is 0 Å². The lowest BCUT2D eigenvalue weighted by Crippen LogP contribution is -2.02. The van der Waals surface area contributed by atoms with Gasteiger partial charge < -0.3 is 4.74 Å². The van der Waals surface area contributed by atoms with Crippen LogP contribution < -0.4 is 0 Å². The van der Waals surface area contributed by atoms with E-state index < -0.39 is 0 Å². The second kappa shape index (κ2) is 6.12. The quantitative estimate of drug-likeness (QED) is 0.428. The molecule has 1 rings (SSSR count). The van der Waals surface area contributed by atoms with Gasteiger partial charge in [-0.3, -0.25) is 0 Å². The normalized spacial score (nSPS) is 12.4. The Morgan fingerprint density at radius 2 is 2.14 bits per heavy atom. The molecule has 0 radical (unpaired) electrons. The van der Waals surface area contributed by atoms with E-state index in [0.717, 1.165) is 16.3 Å². The Morgan fingerprint density at radius 1 is 1.50 bits per heavy atom. The van der Waals surface area contributed by atoms with Crippen molar-refractivity contribution in [3.8, 4) is 0 Å². The highest BCUT2D eigenvalue weighted by Crippen LogP contribution is 2.26. The molecule has 1 atom stereocenters. The van der Waals surface area contributed by atoms with Crippen molar-refractivity contribution in [2.75, 3.05) is 7.11 Å². The van der Waals surface area contributed by atoms with Crippen molar-refractivity contribution in [3.63, 3.8) is 0 Å². The lowest BCUT2D eigenvalue weighted by molar-refractivity contribution is 0.176. The molecular formula is C11H13ClOS. The fraction of sp³-hybridized carbons (Fsp3) is 0.273. The highest BCUT2D eigenvalue weighted by Gasteiger charge is 2.06. The maximum atomic E-state index is 5.79. The third kappa shape index (κ3) is 3.74. The molecule has 0 spiro atoms. The predicted molar refractivity (Wildman–Crippen MR) is 62.9 cm³/mol. The van der Waals surface area contributed by atoms with Crippen molar-refractivity contribution in [2.45, 2.75) is 16.8 Å². The molecule has 0 aromatic heterocycles. The topological polar surface area (TPSA) is 9.23 Å². The van der Waals surface area contributed by atoms with Crippen molar-refractivity contribution in [1.29, 1.82) is 0 Å². The molecule has 0 heterocycles. The van der Waals surface area contributed by atoms with Crippen molar-refractivity contribution < 1.29 is 4.74 Å². The van der Waals surface area contributed by atoms with Gasteiger partial charge in [-0.1, -0.05) is 29.4 Å². The van der Waals surface area contributed by atoms with E-state index in [-0.39, 0.29) is 5.44 Å². The van der Waals surface area contributed by atoms with Gasteiger partial charge in [0.15, 0.2) is 0 Å². The van der Waals surface area contributed by atoms with Gasteiger partial charge in [0.05, 0.1) is 0 Å². The Labute approximate surface area is 94.1 Å². The summed E-state index contributed by atoms with van der Waals surface area (Å²) in [5, 5.41) is 0.757. The number of benzene rings is 1. The average Bonchev–Trinajstić information content (AvgIpc) is 2.20. The maximum absolute atomic E-state index is 5.79. The number of methoxy groups -OCH3 is 1. The summed E-state index contributed by atoms with van der Waals surface area (Å²) in [4.78, 5) is 1.16. The number of hydrogen-bond donors (Lipinski definition) is 0. The molecule has 1 aromatic rings. The van der Waals surface area contributed by atoms with E-state index in [1.807, 2.05) is 30.3 Å². The Balaban J connectivity index is 2.57. The summed E-state index contributed by atoms with van der Waals surface area (Å²) < 4.78 is 5.28. The van der Waals surface area contributed by atoms with Crippen LogP contribution >= 0.6 is 23.4 Å². The smallest absolute Gasteiger partial charge is 0.110 e. The van der Waals surface area contributed by atoms with E-state index in [1.54, 1.807) is 18.9 Å². The Bertz CT molecular complexity index is 284. The van der Waals surface area contributed by atoms with Gasteiger partial charge in [0.25, 0.3) is 0 Å². The monoisotopic (exact) mass is 228 g/mol. The average molecular weight is 229 g/mol. The summed E-state index contributed by atoms with van der Waals surface area (Å²) in [5.41, 5.74) is 0.133. The van der Waals surface area contributed by atoms with E-state index >= 15 is 0 Å². The molecule has 0 aliphatic heterocycles. The molecule has 14 heavy (non-hydrogen) atoms. The number of ether oxygens (including phenoxy) is 1. The summed E-state index contributed by atoms with van der Waals surface area (Å²) in [7, 11) is 1.71. The summed E-state index contributed by atoms with van der Waals surface area (Å²) in [6.07, 6.45) is 2.70. The minimum absolute atomic E-state index is 0.133. The van der Waals surface area contributed by atoms with Crippen molar-refractivity contribution in [1.82, 2.24) is 0 Å². The minimum atomic E-state index is 0.133. The van der Waals surface area contributed by atoms with Gasteiger partial charge in [0.1, 0.15) is 5.44 Å². The fourth-order valence-electron chi connectivity index (χ4n) is 0.993. The minimum Gasteiger partial charge on any atom is -0.370 e. The molecule has 0 aliphatic carbocycles. The summed E-state index contributed by atoms with van der Waals surface area (Å²) in [6, 6.07) is 7.74. The number of hydrogen-bond acceptors (Lipinski definition) is 2. The van der Waals surface area contributed by atoms with Gasteiger partial charge in [-0.2, -0.15) is 0 Å². The lowest BCUT2D eigenvalue weighted by atomic mass is 10.4. The number of thioether (sulfide) groups is 1. The van der Waals surface area contributed by atoms with Crippen molar-refractivity contribution in [3.05, 3.63) is 41.9 Å². The van der Waals surface area contributed by atoms with Gasteiger partial charge in [-0.25, -0.2) is 0 Å². The first kappa shape index (κ1) is 11.6. The molecule has 1 unspecified atom stereocenters. The second-order valence-corrected chi connectivity index (χ2v) is 4.43. The van der Waals surface area contributed by atoms with E-state index in [2.05, 4.69) is 6.58 Å². The Kier molecular flexibility index (Phi) is 5.09. The van der Waals surface area contributed by atoms with Crippen LogP contribution in [0.3, 0.4) is 0 Å². The molecule has 1 nitrogen and oxygen atoms in total. The summed E-state index contributed by atoms with van der Waals surface area (Å²) in [6.45, 7) is 3.69. The fourth-order valence-corrected chi connectivity index (χ4v) is 2.04. The second-order valence-electron chi connectivity index (χ2n) is 2.76. The SMILES string of the molecule is C=CCC(OC)Sc1ccc(Cl)cc1. The van der Waals surface area contributed by atoms with Gasteiger partial charge in [0, 0.05) is 23.4 Å². The Morgan fingerprint density at radius 3 is 2.64 bits per heavy atom. The summed E-state index contributed by atoms with van der Waals surface area (Å²) in [5.74, 6) is 0. The zero-order valence-corrected chi connectivity index (χ0v) is 9.65. The summed E-state index contributed by atoms with van der Waals surface area (Å²) >= 11 is 7.46. The van der Waals surface area contributed by atoms with E-state index in [1.165, 1.54) is 0 Å². The molecular weight excluding hydrogens is 216 g/mol. The molecule has 3 heteroatoms. The Hall–Kier alpha value is -0.440. The van der Waals surface area contributed by atoms with Crippen LogP contribution in [0.5, 0.6) is 0 Å². The molecule has 76 valence electrons. The zero-order chi connectivity index (χ0) is 10.4. The van der Waals surface area contributed by atoms with Crippen LogP contribution in [0.1, 0.15) is 6.42 Å². The third-order valence-corrected chi connectivity index (χ3v) is 3.15. The van der Waals surface area contributed by atoms with Crippen LogP contribution in [0, 0.1) is 0 Å². The standard InChI is InChI=1S/C11H13ClOS/c1-3-4-11(13-2)14-10-7-5-9(12)6-8-10/h3,5-8,11H,1,4H2,2H3. The molecule has 0 fully saturated rings. The lowest BCUT2D eigenvalue weighted by Gasteiger charge is -2.12. The van der Waals surface area contributed by atoms with E-state index in [9.17, 15) is 0 Å². The largest absolute Gasteiger partial charge is 0.370 e. The van der Waals surface area contributed by atoms with Gasteiger partial charge in [-0.15, -0.1) is 6.58 Å². The zero-order valence-electron chi connectivity index (χ0n) is 8.07.